The van der Waals surface area contributed by atoms with Crippen LogP contribution in [0.5, 0.6) is 5.75 Å². The van der Waals surface area contributed by atoms with Crippen LogP contribution in [0, 0.1) is 41.3 Å². The van der Waals surface area contributed by atoms with Crippen LogP contribution < -0.4 is 20.6 Å². The van der Waals surface area contributed by atoms with Crippen molar-refractivity contribution in [1.82, 2.24) is 19.6 Å². The molecule has 0 spiro atoms. The van der Waals surface area contributed by atoms with Crippen LogP contribution in [-0.4, -0.2) is 138 Å². The average molecular weight is 796 g/mol. The van der Waals surface area contributed by atoms with Gasteiger partial charge in [0.05, 0.1) is 24.5 Å². The molecule has 15 nitrogen and oxygen atoms in total. The molecule has 1 aliphatic rings. The van der Waals surface area contributed by atoms with Gasteiger partial charge in [-0.15, -0.1) is 0 Å². The number of benzene rings is 2. The molecule has 0 aromatic heterocycles. The van der Waals surface area contributed by atoms with Crippen LogP contribution >= 0.6 is 0 Å². The monoisotopic (exact) mass is 795 g/mol. The largest absolute Gasteiger partial charge is 3.00 e. The van der Waals surface area contributed by atoms with E-state index in [2.05, 4.69) is 5.32 Å². The number of carbonyl (C=O) groups is 5. The number of amides is 1. The van der Waals surface area contributed by atoms with Crippen LogP contribution in [0.1, 0.15) is 17.5 Å². The topological polar surface area (TPSA) is 220 Å². The van der Waals surface area contributed by atoms with Gasteiger partial charge in [0.25, 0.3) is 0 Å². The van der Waals surface area contributed by atoms with Crippen molar-refractivity contribution in [1.29, 1.82) is 0 Å². The van der Waals surface area contributed by atoms with Crippen LogP contribution in [0.4, 0.5) is 5.69 Å². The second-order valence-corrected chi connectivity index (χ2v) is 11.5. The minimum Gasteiger partial charge on any atom is -0.549 e. The predicted molar refractivity (Wildman–Crippen MR) is 163 cm³/mol. The summed E-state index contributed by atoms with van der Waals surface area (Å²) >= 11 is 0. The number of carboxylic acids is 4. The number of aryl methyl sites for hydroxylation is 1. The first-order valence-electron chi connectivity index (χ1n) is 15.3. The van der Waals surface area contributed by atoms with Crippen molar-refractivity contribution >= 4 is 35.5 Å². The second kappa shape index (κ2) is 21.0. The van der Waals surface area contributed by atoms with Crippen molar-refractivity contribution in [3.63, 3.8) is 0 Å². The van der Waals surface area contributed by atoms with Crippen molar-refractivity contribution in [2.45, 2.75) is 25.3 Å². The third-order valence-corrected chi connectivity index (χ3v) is 7.84. The SMILES string of the molecule is O=C([O-])CN1CCN(CC(=O)O)CCN(CC(=O)[O-])CC(Cc2ccc(NC(=O)CCc3ccc(O)cc3)cc2)N(CC(=O)[O-])CC1.[Pr+3]. The van der Waals surface area contributed by atoms with Gasteiger partial charge in [-0.1, -0.05) is 24.3 Å². The molecule has 0 saturated carbocycles. The molecule has 256 valence electrons. The first-order chi connectivity index (χ1) is 22.4. The van der Waals surface area contributed by atoms with Gasteiger partial charge in [-0.3, -0.25) is 29.2 Å². The van der Waals surface area contributed by atoms with Crippen LogP contribution in [0.15, 0.2) is 48.5 Å². The minimum atomic E-state index is -1.36. The van der Waals surface area contributed by atoms with Gasteiger partial charge in [-0.25, -0.2) is 0 Å². The molecule has 16 heteroatoms. The number of hydrogen-bond acceptors (Lipinski definition) is 13. The van der Waals surface area contributed by atoms with Gasteiger partial charge in [-0.05, 0) is 48.2 Å². The standard InChI is InChI=1S/C32H43N5O10.Pr/c38-27-8-3-23(4-9-27)5-10-28(39)33-25-6-1-24(2-7-25)17-26-18-36(21-31(44)45)14-13-34(19-29(40)41)11-12-35(20-30(42)43)15-16-37(26)22-32(46)47;/h1-4,6-9,26,38H,5,10-22H2,(H,33,39)(H,40,41)(H,42,43)(H,44,45)(H,46,47);/q;+3/p-3. The average Bonchev–Trinajstić information content (AvgIpc) is 2.99. The molecule has 3 N–H and O–H groups in total. The Morgan fingerprint density at radius 1 is 0.688 bits per heavy atom. The van der Waals surface area contributed by atoms with Crippen LogP contribution in [0.25, 0.3) is 0 Å². The van der Waals surface area contributed by atoms with Gasteiger partial charge in [0, 0.05) is 83.6 Å². The van der Waals surface area contributed by atoms with E-state index in [1.165, 1.54) is 0 Å². The molecule has 0 bridgehead atoms. The zero-order valence-corrected chi connectivity index (χ0v) is 30.3. The molecule has 1 unspecified atom stereocenters. The van der Waals surface area contributed by atoms with Crippen LogP contribution in [-0.2, 0) is 36.8 Å². The van der Waals surface area contributed by atoms with Gasteiger partial charge in [0.2, 0.25) is 5.91 Å². The van der Waals surface area contributed by atoms with Gasteiger partial charge >= 0.3 is 47.3 Å². The van der Waals surface area contributed by atoms with Crippen molar-refractivity contribution in [3.8, 4) is 5.75 Å². The number of aromatic hydroxyl groups is 1. The first-order valence-corrected chi connectivity index (χ1v) is 15.3. The molecule has 1 amide bonds. The fourth-order valence-electron chi connectivity index (χ4n) is 5.47. The Bertz CT molecular complexity index is 1360. The van der Waals surface area contributed by atoms with Crippen molar-refractivity contribution in [3.05, 3.63) is 59.7 Å². The molecule has 2 aromatic rings. The normalized spacial score (nSPS) is 17.3. The Balaban J connectivity index is 0.00000800. The Morgan fingerprint density at radius 2 is 1.19 bits per heavy atom. The van der Waals surface area contributed by atoms with E-state index in [-0.39, 0.29) is 118 Å². The van der Waals surface area contributed by atoms with Gasteiger partial charge in [-0.2, -0.15) is 0 Å². The molecule has 0 radical (unpaired) electrons. The molecule has 1 aliphatic heterocycles. The number of carboxylic acid groups (broad SMARTS) is 4. The smallest absolute Gasteiger partial charge is 0.549 e. The van der Waals surface area contributed by atoms with E-state index in [1.54, 1.807) is 68.1 Å². The van der Waals surface area contributed by atoms with E-state index in [0.717, 1.165) is 11.1 Å². The molecular weight excluding hydrogens is 755 g/mol. The summed E-state index contributed by atoms with van der Waals surface area (Å²) in [7, 11) is 0. The number of phenols is 1. The quantitative estimate of drug-likeness (QED) is 0.169. The van der Waals surface area contributed by atoms with Crippen molar-refractivity contribution in [2.75, 3.05) is 77.3 Å². The van der Waals surface area contributed by atoms with E-state index in [4.69, 9.17) is 0 Å². The number of hydrogen-bond donors (Lipinski definition) is 3. The first kappa shape index (κ1) is 41.0. The second-order valence-electron chi connectivity index (χ2n) is 11.5. The van der Waals surface area contributed by atoms with E-state index in [9.17, 15) is 49.5 Å². The Labute approximate surface area is 312 Å². The Kier molecular flexibility index (Phi) is 17.9. The van der Waals surface area contributed by atoms with Crippen molar-refractivity contribution < 1.29 is 90.8 Å². The summed E-state index contributed by atoms with van der Waals surface area (Å²) in [5, 5.41) is 56.5. The number of phenolic OH excluding ortho intramolecular Hbond substituents is 1. The van der Waals surface area contributed by atoms with Gasteiger partial charge < -0.3 is 45.2 Å². The molecule has 3 rings (SSSR count). The molecule has 1 fully saturated rings. The summed E-state index contributed by atoms with van der Waals surface area (Å²) in [6, 6.07) is 13.0. The number of aliphatic carboxylic acids is 4. The Hall–Kier alpha value is -3.21. The van der Waals surface area contributed by atoms with Crippen LogP contribution in [0.3, 0.4) is 0 Å². The predicted octanol–water partition coefficient (Wildman–Crippen LogP) is -3.57. The molecule has 1 heterocycles. The number of nitrogens with zero attached hydrogens (tertiary/aromatic N) is 4. The zero-order valence-electron chi connectivity index (χ0n) is 26.6. The molecule has 2 aromatic carbocycles. The van der Waals surface area contributed by atoms with E-state index >= 15 is 0 Å². The van der Waals surface area contributed by atoms with E-state index in [1.807, 2.05) is 0 Å². The number of carbonyl (C=O) groups excluding carboxylic acids is 4. The summed E-state index contributed by atoms with van der Waals surface area (Å²) in [6.45, 7) is -0.810. The fourth-order valence-corrected chi connectivity index (χ4v) is 5.47. The third kappa shape index (κ3) is 15.8. The summed E-state index contributed by atoms with van der Waals surface area (Å²) in [6.07, 6.45) is 0.974. The van der Waals surface area contributed by atoms with Crippen molar-refractivity contribution in [2.24, 2.45) is 0 Å². The summed E-state index contributed by atoms with van der Waals surface area (Å²) in [5.74, 6) is -5.20. The maximum Gasteiger partial charge on any atom is 3.00 e. The van der Waals surface area contributed by atoms with E-state index < -0.39 is 49.6 Å². The van der Waals surface area contributed by atoms with Crippen LogP contribution in [0.2, 0.25) is 0 Å². The fraction of sp³-hybridized carbons (Fsp3) is 0.469. The molecule has 1 saturated heterocycles. The molecule has 1 atom stereocenters. The number of nitrogens with one attached hydrogen (secondary N) is 1. The third-order valence-electron chi connectivity index (χ3n) is 7.84. The Morgan fingerprint density at radius 3 is 1.75 bits per heavy atom. The summed E-state index contributed by atoms with van der Waals surface area (Å²) in [5.41, 5.74) is 2.21. The van der Waals surface area contributed by atoms with Gasteiger partial charge in [0.1, 0.15) is 5.75 Å². The molecule has 0 aliphatic carbocycles. The van der Waals surface area contributed by atoms with E-state index in [0.29, 0.717) is 12.1 Å². The van der Waals surface area contributed by atoms with Gasteiger partial charge in [0.15, 0.2) is 0 Å². The number of rotatable bonds is 14. The maximum atomic E-state index is 12.5. The zero-order chi connectivity index (χ0) is 34.3. The minimum absolute atomic E-state index is 0. The maximum absolute atomic E-state index is 12.5. The molecular formula is C32H40N5O10Pr. The molecule has 48 heavy (non-hydrogen) atoms. The summed E-state index contributed by atoms with van der Waals surface area (Å²) < 4.78 is 0. The summed E-state index contributed by atoms with van der Waals surface area (Å²) in [4.78, 5) is 65.2. The number of anilines is 1.